The van der Waals surface area contributed by atoms with Gasteiger partial charge in [-0.1, -0.05) is 55.4 Å². The van der Waals surface area contributed by atoms with Crippen molar-refractivity contribution in [1.29, 1.82) is 5.26 Å². The van der Waals surface area contributed by atoms with Crippen LogP contribution in [0.3, 0.4) is 0 Å². The van der Waals surface area contributed by atoms with E-state index in [0.717, 1.165) is 163 Å². The molecule has 1 aliphatic carbocycles. The Hall–Kier alpha value is -6.21. The number of rotatable bonds is 17. The normalized spacial score (nSPS) is 26.3. The summed E-state index contributed by atoms with van der Waals surface area (Å²) in [5.74, 6) is 1.10. The molecule has 7 fully saturated rings. The quantitative estimate of drug-likeness (QED) is 0.0702. The lowest BCUT2D eigenvalue weighted by molar-refractivity contribution is -0.141. The lowest BCUT2D eigenvalue weighted by Crippen LogP contribution is -2.59. The van der Waals surface area contributed by atoms with Crippen LogP contribution in [-0.2, 0) is 14.3 Å². The molecule has 0 spiro atoms. The Morgan fingerprint density at radius 3 is 2.28 bits per heavy atom. The SMILES string of the molecule is Cc1ncsc1-c1ccc([C@H](C)NC(=O)[C@@H]2C[C@@H](O)CN2C(=O)[C@@H](c2cc(N3CCC(CN4CCC(OC5CC(N6CCC(C#N)(CN7C8CC[C@@H]7CN(c7cc(-c9ccccc9O)nnc7N)C8)CC6)C5)CC4)CC3)no2)C(C)C)cc1. The van der Waals surface area contributed by atoms with E-state index < -0.39 is 18.1 Å². The van der Waals surface area contributed by atoms with Gasteiger partial charge in [0, 0.05) is 95.1 Å². The van der Waals surface area contributed by atoms with Gasteiger partial charge in [0.25, 0.3) is 0 Å². The third-order valence-corrected chi connectivity index (χ3v) is 20.8. The predicted molar refractivity (Wildman–Crippen MR) is 319 cm³/mol. The number of piperidine rings is 3. The number of hydrogen-bond donors (Lipinski definition) is 4. The number of nitrogens with one attached hydrogen (secondary N) is 1. The molecule has 442 valence electrons. The third kappa shape index (κ3) is 12.2. The van der Waals surface area contributed by atoms with Crippen molar-refractivity contribution in [3.05, 3.63) is 83.2 Å². The number of benzene rings is 2. The van der Waals surface area contributed by atoms with E-state index in [-0.39, 0.29) is 47.9 Å². The number of phenols is 1. The van der Waals surface area contributed by atoms with Gasteiger partial charge in [0.05, 0.1) is 63.3 Å². The number of nitrogens with zero attached hydrogens (tertiary/aromatic N) is 11. The molecule has 0 radical (unpaired) electrons. The fraction of sp³-hybridized carbons (Fsp3) is 0.603. The van der Waals surface area contributed by atoms with Gasteiger partial charge in [-0.15, -0.1) is 21.5 Å². The molecule has 20 heteroatoms. The number of aromatic nitrogens is 4. The molecule has 2 bridgehead atoms. The molecular formula is C63H83N13O6S. The molecule has 1 unspecified atom stereocenters. The van der Waals surface area contributed by atoms with Crippen LogP contribution in [0, 0.1) is 35.5 Å². The summed E-state index contributed by atoms with van der Waals surface area (Å²) in [6.45, 7) is 17.3. The maximum absolute atomic E-state index is 14.4. The molecule has 6 aliphatic heterocycles. The molecule has 19 nitrogen and oxygen atoms in total. The van der Waals surface area contributed by atoms with Crippen molar-refractivity contribution in [3.8, 4) is 33.5 Å². The molecule has 7 aliphatic rings. The first-order valence-electron chi connectivity index (χ1n) is 30.6. The second-order valence-electron chi connectivity index (χ2n) is 25.5. The number of likely N-dealkylation sites (tertiary alicyclic amines) is 3. The highest BCUT2D eigenvalue weighted by atomic mass is 32.1. The molecule has 2 amide bonds. The highest BCUT2D eigenvalue weighted by Crippen LogP contribution is 2.43. The first-order chi connectivity index (χ1) is 40.2. The lowest BCUT2D eigenvalue weighted by atomic mass is 9.76. The minimum atomic E-state index is -0.801. The van der Waals surface area contributed by atoms with Gasteiger partial charge in [0.2, 0.25) is 11.8 Å². The summed E-state index contributed by atoms with van der Waals surface area (Å²) in [6.07, 6.45) is 10.4. The van der Waals surface area contributed by atoms with Gasteiger partial charge in [-0.05, 0) is 132 Å². The van der Waals surface area contributed by atoms with Crippen LogP contribution in [0.4, 0.5) is 17.3 Å². The summed E-state index contributed by atoms with van der Waals surface area (Å²) in [5.41, 5.74) is 13.0. The second-order valence-corrected chi connectivity index (χ2v) is 26.4. The number of aromatic hydroxyl groups is 1. The summed E-state index contributed by atoms with van der Waals surface area (Å²) >= 11 is 1.60. The number of aliphatic hydroxyl groups is 1. The van der Waals surface area contributed by atoms with Crippen molar-refractivity contribution < 1.29 is 29.1 Å². The van der Waals surface area contributed by atoms with Crippen molar-refractivity contribution in [2.45, 2.75) is 153 Å². The summed E-state index contributed by atoms with van der Waals surface area (Å²) in [6, 6.07) is 22.1. The van der Waals surface area contributed by atoms with Crippen LogP contribution >= 0.6 is 11.3 Å². The number of carbonyl (C=O) groups excluding carboxylic acids is 2. The Bertz CT molecular complexity index is 3090. The van der Waals surface area contributed by atoms with Crippen LogP contribution in [0.2, 0.25) is 0 Å². The number of anilines is 3. The minimum absolute atomic E-state index is 0.0869. The van der Waals surface area contributed by atoms with Crippen molar-refractivity contribution in [2.24, 2.45) is 17.3 Å². The zero-order chi connectivity index (χ0) is 57.5. The number of fused-ring (bicyclic) bond motifs is 2. The number of hydrogen-bond acceptors (Lipinski definition) is 18. The molecular weight excluding hydrogens is 1070 g/mol. The van der Waals surface area contributed by atoms with Crippen LogP contribution in [0.15, 0.2) is 70.7 Å². The minimum Gasteiger partial charge on any atom is -0.507 e. The number of nitriles is 1. The number of amides is 2. The van der Waals surface area contributed by atoms with Gasteiger partial charge >= 0.3 is 0 Å². The maximum atomic E-state index is 14.4. The molecule has 12 rings (SSSR count). The van der Waals surface area contributed by atoms with E-state index >= 15 is 0 Å². The van der Waals surface area contributed by atoms with Crippen LogP contribution < -0.4 is 20.9 Å². The summed E-state index contributed by atoms with van der Waals surface area (Å²) in [7, 11) is 0. The smallest absolute Gasteiger partial charge is 0.243 e. The lowest BCUT2D eigenvalue weighted by Gasteiger charge is -2.50. The highest BCUT2D eigenvalue weighted by molar-refractivity contribution is 7.13. The van der Waals surface area contributed by atoms with Crippen molar-refractivity contribution >= 4 is 40.5 Å². The molecule has 2 aromatic carbocycles. The zero-order valence-corrected chi connectivity index (χ0v) is 49.5. The number of piperazine rings is 1. The Balaban J connectivity index is 0.551. The van der Waals surface area contributed by atoms with Gasteiger partial charge in [-0.25, -0.2) is 4.98 Å². The average molecular weight is 1150 g/mol. The Labute approximate surface area is 492 Å². The first-order valence-corrected chi connectivity index (χ1v) is 31.5. The fourth-order valence-corrected chi connectivity index (χ4v) is 15.5. The molecule has 83 heavy (non-hydrogen) atoms. The molecule has 5 N–H and O–H groups in total. The average Bonchev–Trinajstić information content (AvgIpc) is 4.46. The molecule has 6 atom stereocenters. The van der Waals surface area contributed by atoms with Gasteiger partial charge in [-0.3, -0.25) is 14.5 Å². The maximum Gasteiger partial charge on any atom is 0.243 e. The third-order valence-electron chi connectivity index (χ3n) is 19.8. The monoisotopic (exact) mass is 1150 g/mol. The molecule has 3 aromatic heterocycles. The summed E-state index contributed by atoms with van der Waals surface area (Å²) in [4.78, 5) is 47.8. The Kier molecular flexibility index (Phi) is 16.8. The van der Waals surface area contributed by atoms with Crippen LogP contribution in [-0.4, -0.2) is 176 Å². The summed E-state index contributed by atoms with van der Waals surface area (Å²) < 4.78 is 12.7. The van der Waals surface area contributed by atoms with Gasteiger partial charge < -0.3 is 55.0 Å². The van der Waals surface area contributed by atoms with E-state index in [4.69, 9.17) is 15.0 Å². The number of β-amino-alcohol motifs (C(OH)–C–C–N with tert-alkyl or cyclic N) is 1. The number of phenolic OH excluding ortho intramolecular Hbond substituents is 1. The number of thiazole rings is 1. The van der Waals surface area contributed by atoms with E-state index in [2.05, 4.69) is 56.2 Å². The molecule has 5 aromatic rings. The van der Waals surface area contributed by atoms with Crippen molar-refractivity contribution in [3.63, 3.8) is 0 Å². The number of aliphatic hydroxyl groups excluding tert-OH is 1. The largest absolute Gasteiger partial charge is 0.507 e. The first kappa shape index (κ1) is 57.2. The van der Waals surface area contributed by atoms with Gasteiger partial charge in [0.1, 0.15) is 17.7 Å². The van der Waals surface area contributed by atoms with Crippen LogP contribution in [0.1, 0.15) is 120 Å². The number of nitrogen functional groups attached to an aromatic ring is 1. The number of nitrogens with two attached hydrogens (primary N) is 1. The molecule has 1 saturated carbocycles. The topological polar surface area (TPSA) is 230 Å². The predicted octanol–water partition coefficient (Wildman–Crippen LogP) is 7.62. The van der Waals surface area contributed by atoms with Gasteiger partial charge in [-0.2, -0.15) is 5.26 Å². The van der Waals surface area contributed by atoms with E-state index in [1.54, 1.807) is 28.4 Å². The molecule has 9 heterocycles. The van der Waals surface area contributed by atoms with Gasteiger partial charge in [0.15, 0.2) is 17.4 Å². The number of para-hydroxylation sites is 1. The zero-order valence-electron chi connectivity index (χ0n) is 48.7. The van der Waals surface area contributed by atoms with E-state index in [1.165, 1.54) is 0 Å². The summed E-state index contributed by atoms with van der Waals surface area (Å²) in [5, 5.41) is 48.2. The van der Waals surface area contributed by atoms with E-state index in [9.17, 15) is 25.1 Å². The number of carbonyl (C=O) groups is 2. The van der Waals surface area contributed by atoms with Crippen molar-refractivity contribution in [2.75, 3.05) is 87.5 Å². The molecule has 6 saturated heterocycles. The number of ether oxygens (including phenoxy) is 1. The fourth-order valence-electron chi connectivity index (χ4n) is 14.7. The Morgan fingerprint density at radius 2 is 1.60 bits per heavy atom. The van der Waals surface area contributed by atoms with E-state index in [0.29, 0.717) is 59.1 Å². The van der Waals surface area contributed by atoms with Crippen LogP contribution in [0.5, 0.6) is 5.75 Å². The van der Waals surface area contributed by atoms with Crippen molar-refractivity contribution in [1.82, 2.24) is 45.3 Å². The van der Waals surface area contributed by atoms with E-state index in [1.807, 2.05) is 81.7 Å². The Morgan fingerprint density at radius 1 is 0.880 bits per heavy atom. The van der Waals surface area contributed by atoms with Crippen LogP contribution in [0.25, 0.3) is 21.7 Å². The standard InChI is InChI=1S/C63H83N13O6S/c1-39(2)58(62(80)75-35-48(77)29-54(75)61(79)67-40(3)43-9-11-44(12-10-43)59-41(4)66-38-83-59)56-31-57(70-82-56)73-23-15-42(16-24-73)32-71-21-17-49(18-22-71)81-50-27-47(28-50)72-25-19-63(36-64,20-26-72)37-76-45-13-14-46(76)34-74(33-45)53-30-52(68-69-60(53)65)51-7-5-6-8-55(51)78/h5-12,30-31,38-40,42,45-50,54,58,77-78H,13-29,32-35,37H2,1-4H3,(H2,65,69)(H,67,79)/t40-,45+,46?,47?,48+,50?,54-,58+/m0/s1. The second kappa shape index (κ2) is 24.4. The highest BCUT2D eigenvalue weighted by Gasteiger charge is 2.48. The number of aryl methyl sites for hydroxylation is 1.